The van der Waals surface area contributed by atoms with Gasteiger partial charge in [-0.3, -0.25) is 4.79 Å². The maximum absolute atomic E-state index is 12.5. The highest BCUT2D eigenvalue weighted by atomic mass is 32.1. The number of amides is 1. The van der Waals surface area contributed by atoms with Gasteiger partial charge in [-0.05, 0) is 43.7 Å². The van der Waals surface area contributed by atoms with E-state index in [2.05, 4.69) is 17.5 Å². The molecule has 0 radical (unpaired) electrons. The number of nitrogens with zero attached hydrogens (tertiary/aromatic N) is 1. The van der Waals surface area contributed by atoms with Crippen LogP contribution in [0.4, 0.5) is 0 Å². The summed E-state index contributed by atoms with van der Waals surface area (Å²) in [5, 5.41) is 0. The summed E-state index contributed by atoms with van der Waals surface area (Å²) in [4.78, 5) is 15.4. The highest BCUT2D eigenvalue weighted by Crippen LogP contribution is 2.36. The lowest BCUT2D eigenvalue weighted by molar-refractivity contribution is 0.0731. The van der Waals surface area contributed by atoms with Gasteiger partial charge in [0.25, 0.3) is 5.91 Å². The molecule has 1 aromatic carbocycles. The lowest BCUT2D eigenvalue weighted by Gasteiger charge is -2.23. The third kappa shape index (κ3) is 2.49. The van der Waals surface area contributed by atoms with Gasteiger partial charge in [0.05, 0.1) is 5.56 Å². The first-order chi connectivity index (χ1) is 8.25. The Kier molecular flexibility index (Phi) is 2.87. The van der Waals surface area contributed by atoms with Crippen LogP contribution >= 0.6 is 12.6 Å². The molecule has 0 atom stereocenters. The summed E-state index contributed by atoms with van der Waals surface area (Å²) < 4.78 is 0. The number of hydrogen-bond acceptors (Lipinski definition) is 2. The van der Waals surface area contributed by atoms with E-state index >= 15 is 0 Å². The van der Waals surface area contributed by atoms with Crippen LogP contribution in [-0.4, -0.2) is 23.4 Å². The summed E-state index contributed by atoms with van der Waals surface area (Å²) >= 11 is 4.38. The molecule has 2 aliphatic rings. The van der Waals surface area contributed by atoms with Crippen molar-refractivity contribution in [2.24, 2.45) is 5.92 Å². The first-order valence-electron chi connectivity index (χ1n) is 6.34. The topological polar surface area (TPSA) is 20.3 Å². The van der Waals surface area contributed by atoms with Crippen molar-refractivity contribution in [3.8, 4) is 0 Å². The quantitative estimate of drug-likeness (QED) is 0.811. The van der Waals surface area contributed by atoms with Gasteiger partial charge in [-0.2, -0.15) is 0 Å². The largest absolute Gasteiger partial charge is 0.335 e. The van der Waals surface area contributed by atoms with Gasteiger partial charge in [0.15, 0.2) is 0 Å². The second-order valence-electron chi connectivity index (χ2n) is 5.15. The zero-order valence-electron chi connectivity index (χ0n) is 9.80. The molecule has 3 rings (SSSR count). The Morgan fingerprint density at radius 3 is 2.53 bits per heavy atom. The van der Waals surface area contributed by atoms with Gasteiger partial charge in [-0.1, -0.05) is 12.1 Å². The Bertz CT molecular complexity index is 438. The molecule has 1 amide bonds. The fourth-order valence-electron chi connectivity index (χ4n) is 2.17. The SMILES string of the molecule is O=C(c1ccccc1S)N(CC1CC1)C1CC1. The third-order valence-electron chi connectivity index (χ3n) is 3.53. The van der Waals surface area contributed by atoms with E-state index in [0.29, 0.717) is 6.04 Å². The normalized spacial score (nSPS) is 19.1. The highest BCUT2D eigenvalue weighted by Gasteiger charge is 2.37. The van der Waals surface area contributed by atoms with Gasteiger partial charge >= 0.3 is 0 Å². The van der Waals surface area contributed by atoms with Crippen molar-refractivity contribution in [1.82, 2.24) is 4.90 Å². The van der Waals surface area contributed by atoms with E-state index in [1.54, 1.807) is 0 Å². The molecule has 0 saturated heterocycles. The maximum Gasteiger partial charge on any atom is 0.255 e. The monoisotopic (exact) mass is 247 g/mol. The van der Waals surface area contributed by atoms with Crippen molar-refractivity contribution >= 4 is 18.5 Å². The zero-order valence-corrected chi connectivity index (χ0v) is 10.7. The van der Waals surface area contributed by atoms with Crippen LogP contribution < -0.4 is 0 Å². The molecule has 0 aromatic heterocycles. The van der Waals surface area contributed by atoms with E-state index in [4.69, 9.17) is 0 Å². The molecule has 2 saturated carbocycles. The van der Waals surface area contributed by atoms with Crippen LogP contribution in [0.15, 0.2) is 29.2 Å². The van der Waals surface area contributed by atoms with Crippen molar-refractivity contribution < 1.29 is 4.79 Å². The first-order valence-corrected chi connectivity index (χ1v) is 6.79. The summed E-state index contributed by atoms with van der Waals surface area (Å²) in [6.07, 6.45) is 4.93. The van der Waals surface area contributed by atoms with Crippen molar-refractivity contribution in [2.45, 2.75) is 36.6 Å². The minimum atomic E-state index is 0.171. The van der Waals surface area contributed by atoms with E-state index in [-0.39, 0.29) is 5.91 Å². The zero-order chi connectivity index (χ0) is 11.8. The molecular formula is C14H17NOS. The van der Waals surface area contributed by atoms with Gasteiger partial charge in [-0.25, -0.2) is 0 Å². The van der Waals surface area contributed by atoms with Gasteiger partial charge in [0, 0.05) is 17.5 Å². The van der Waals surface area contributed by atoms with Crippen molar-refractivity contribution in [1.29, 1.82) is 0 Å². The molecule has 1 aromatic rings. The standard InChI is InChI=1S/C14H17NOS/c16-14(12-3-1-2-4-13(12)17)15(11-7-8-11)9-10-5-6-10/h1-4,10-11,17H,5-9H2. The molecule has 17 heavy (non-hydrogen) atoms. The predicted octanol–water partition coefficient (Wildman–Crippen LogP) is 2.99. The fourth-order valence-corrected chi connectivity index (χ4v) is 2.43. The van der Waals surface area contributed by atoms with Gasteiger partial charge in [0.2, 0.25) is 0 Å². The minimum Gasteiger partial charge on any atom is -0.335 e. The number of rotatable bonds is 4. The van der Waals surface area contributed by atoms with Gasteiger partial charge in [-0.15, -0.1) is 12.6 Å². The number of benzene rings is 1. The predicted molar refractivity (Wildman–Crippen MR) is 70.5 cm³/mol. The lowest BCUT2D eigenvalue weighted by atomic mass is 10.2. The first kappa shape index (κ1) is 11.1. The Hall–Kier alpha value is -0.960. The van der Waals surface area contributed by atoms with E-state index in [1.165, 1.54) is 25.7 Å². The molecule has 0 unspecified atom stereocenters. The van der Waals surface area contributed by atoms with E-state index < -0.39 is 0 Å². The van der Waals surface area contributed by atoms with Crippen molar-refractivity contribution in [3.05, 3.63) is 29.8 Å². The summed E-state index contributed by atoms with van der Waals surface area (Å²) in [6, 6.07) is 8.10. The molecular weight excluding hydrogens is 230 g/mol. The van der Waals surface area contributed by atoms with Crippen LogP contribution in [0.3, 0.4) is 0 Å². The Balaban J connectivity index is 1.80. The van der Waals surface area contributed by atoms with E-state index in [1.807, 2.05) is 24.3 Å². The summed E-state index contributed by atoms with van der Waals surface area (Å²) in [5.41, 5.74) is 0.753. The second kappa shape index (κ2) is 4.37. The average Bonchev–Trinajstić information content (AvgIpc) is 3.17. The number of thiol groups is 1. The van der Waals surface area contributed by atoms with Crippen LogP contribution in [0.5, 0.6) is 0 Å². The van der Waals surface area contributed by atoms with Crippen molar-refractivity contribution in [3.63, 3.8) is 0 Å². The number of hydrogen-bond donors (Lipinski definition) is 1. The molecule has 2 nitrogen and oxygen atoms in total. The number of carbonyl (C=O) groups is 1. The summed E-state index contributed by atoms with van der Waals surface area (Å²) in [7, 11) is 0. The molecule has 0 aliphatic heterocycles. The number of carbonyl (C=O) groups excluding carboxylic acids is 1. The van der Waals surface area contributed by atoms with Crippen LogP contribution in [-0.2, 0) is 0 Å². The molecule has 0 heterocycles. The van der Waals surface area contributed by atoms with E-state index in [0.717, 1.165) is 22.9 Å². The van der Waals surface area contributed by atoms with Crippen LogP contribution in [0.1, 0.15) is 36.0 Å². The Morgan fingerprint density at radius 1 is 1.24 bits per heavy atom. The lowest BCUT2D eigenvalue weighted by Crippen LogP contribution is -2.35. The van der Waals surface area contributed by atoms with Gasteiger partial charge < -0.3 is 4.90 Å². The maximum atomic E-state index is 12.5. The van der Waals surface area contributed by atoms with Gasteiger partial charge in [0.1, 0.15) is 0 Å². The Labute approximate surface area is 107 Å². The van der Waals surface area contributed by atoms with Crippen LogP contribution in [0.25, 0.3) is 0 Å². The molecule has 0 N–H and O–H groups in total. The molecule has 0 spiro atoms. The highest BCUT2D eigenvalue weighted by molar-refractivity contribution is 7.80. The minimum absolute atomic E-state index is 0.171. The molecule has 0 bridgehead atoms. The molecule has 2 aliphatic carbocycles. The third-order valence-corrected chi connectivity index (χ3v) is 3.92. The second-order valence-corrected chi connectivity index (χ2v) is 5.63. The molecule has 2 fully saturated rings. The van der Waals surface area contributed by atoms with E-state index in [9.17, 15) is 4.79 Å². The average molecular weight is 247 g/mol. The van der Waals surface area contributed by atoms with Crippen molar-refractivity contribution in [2.75, 3.05) is 6.54 Å². The fraction of sp³-hybridized carbons (Fsp3) is 0.500. The molecule has 3 heteroatoms. The molecule has 90 valence electrons. The summed E-state index contributed by atoms with van der Waals surface area (Å²) in [6.45, 7) is 0.950. The van der Waals surface area contributed by atoms with Crippen LogP contribution in [0, 0.1) is 5.92 Å². The smallest absolute Gasteiger partial charge is 0.255 e. The van der Waals surface area contributed by atoms with Crippen LogP contribution in [0.2, 0.25) is 0 Å². The Morgan fingerprint density at radius 2 is 1.94 bits per heavy atom. The summed E-state index contributed by atoms with van der Waals surface area (Å²) in [5.74, 6) is 0.927.